The summed E-state index contributed by atoms with van der Waals surface area (Å²) in [6.45, 7) is 2.69. The van der Waals surface area contributed by atoms with Gasteiger partial charge in [0.1, 0.15) is 17.0 Å². The number of methoxy groups -OCH3 is 1. The molecule has 0 spiro atoms. The molecule has 0 bridgehead atoms. The van der Waals surface area contributed by atoms with Crippen molar-refractivity contribution in [2.75, 3.05) is 7.11 Å². The highest BCUT2D eigenvalue weighted by atomic mass is 16.5. The van der Waals surface area contributed by atoms with Crippen molar-refractivity contribution in [2.24, 2.45) is 0 Å². The Balaban J connectivity index is 1.52. The van der Waals surface area contributed by atoms with Crippen LogP contribution in [-0.4, -0.2) is 38.9 Å². The molecular weight excluding hydrogens is 428 g/mol. The molecule has 7 heteroatoms. The van der Waals surface area contributed by atoms with Crippen LogP contribution in [0.15, 0.2) is 79.0 Å². The molecule has 0 radical (unpaired) electrons. The number of nitrogens with zero attached hydrogens (tertiary/aromatic N) is 3. The van der Waals surface area contributed by atoms with Crippen molar-refractivity contribution in [3.8, 4) is 5.75 Å². The van der Waals surface area contributed by atoms with Crippen LogP contribution in [0, 0.1) is 0 Å². The van der Waals surface area contributed by atoms with E-state index in [0.717, 1.165) is 22.2 Å². The van der Waals surface area contributed by atoms with E-state index in [1.54, 1.807) is 18.2 Å². The van der Waals surface area contributed by atoms with Gasteiger partial charge in [-0.1, -0.05) is 42.5 Å². The summed E-state index contributed by atoms with van der Waals surface area (Å²) in [5.74, 6) is 0.283. The van der Waals surface area contributed by atoms with E-state index in [-0.39, 0.29) is 18.4 Å². The van der Waals surface area contributed by atoms with Gasteiger partial charge in [-0.2, -0.15) is 0 Å². The highest BCUT2D eigenvalue weighted by Crippen LogP contribution is 2.33. The molecule has 172 valence electrons. The number of aromatic nitrogens is 2. The Bertz CT molecular complexity index is 1360. The normalized spacial score (nSPS) is 17.5. The Morgan fingerprint density at radius 2 is 1.85 bits per heavy atom. The van der Waals surface area contributed by atoms with Gasteiger partial charge in [-0.05, 0) is 37.3 Å². The molecule has 1 N–H and O–H groups in total. The average Bonchev–Trinajstić information content (AvgIpc) is 3.24. The number of carbonyl (C=O) groups is 2. The molecule has 2 aromatic carbocycles. The highest BCUT2D eigenvalue weighted by molar-refractivity contribution is 6.03. The van der Waals surface area contributed by atoms with Crippen molar-refractivity contribution in [1.29, 1.82) is 0 Å². The summed E-state index contributed by atoms with van der Waals surface area (Å²) in [7, 11) is 1.61. The molecule has 2 aromatic heterocycles. The molecule has 7 nitrogen and oxygen atoms in total. The van der Waals surface area contributed by atoms with Gasteiger partial charge in [0.2, 0.25) is 5.91 Å². The maximum atomic E-state index is 13.8. The molecule has 34 heavy (non-hydrogen) atoms. The number of hydrogen-bond donors (Lipinski definition) is 1. The smallest absolute Gasteiger partial charge is 0.271 e. The maximum absolute atomic E-state index is 13.8. The van der Waals surface area contributed by atoms with Gasteiger partial charge in [-0.15, -0.1) is 0 Å². The van der Waals surface area contributed by atoms with Crippen LogP contribution in [0.25, 0.3) is 10.9 Å². The monoisotopic (exact) mass is 454 g/mol. The molecule has 5 rings (SSSR count). The molecule has 1 aliphatic heterocycles. The van der Waals surface area contributed by atoms with Gasteiger partial charge in [0, 0.05) is 29.2 Å². The van der Waals surface area contributed by atoms with E-state index in [1.165, 1.54) is 0 Å². The molecular formula is C27H26N4O3. The van der Waals surface area contributed by atoms with Gasteiger partial charge < -0.3 is 19.5 Å². The van der Waals surface area contributed by atoms with Crippen molar-refractivity contribution < 1.29 is 14.3 Å². The third kappa shape index (κ3) is 3.69. The first-order chi connectivity index (χ1) is 16.5. The van der Waals surface area contributed by atoms with E-state index in [4.69, 9.17) is 4.74 Å². The van der Waals surface area contributed by atoms with Crippen molar-refractivity contribution in [1.82, 2.24) is 19.8 Å². The maximum Gasteiger partial charge on any atom is 0.271 e. The van der Waals surface area contributed by atoms with E-state index in [2.05, 4.69) is 10.3 Å². The standard InChI is InChI=1S/C27H26N4O3/c1-27(26(33)29-16-20-10-4-6-13-24(20)34-2)18-30-22-12-5-3-9-19(22)15-23(30)25(32)31(27)17-21-11-7-8-14-28-21/h3-15H,16-18H2,1-2H3,(H,29,33). The minimum Gasteiger partial charge on any atom is -0.496 e. The summed E-state index contributed by atoms with van der Waals surface area (Å²) in [5.41, 5.74) is 1.99. The summed E-state index contributed by atoms with van der Waals surface area (Å²) in [6, 6.07) is 22.9. The van der Waals surface area contributed by atoms with Crippen molar-refractivity contribution in [3.05, 3.63) is 95.9 Å². The van der Waals surface area contributed by atoms with Crippen LogP contribution in [0.1, 0.15) is 28.7 Å². The lowest BCUT2D eigenvalue weighted by Gasteiger charge is -2.44. The van der Waals surface area contributed by atoms with E-state index >= 15 is 0 Å². The largest absolute Gasteiger partial charge is 0.496 e. The zero-order valence-electron chi connectivity index (χ0n) is 19.2. The van der Waals surface area contributed by atoms with Crippen LogP contribution in [0.2, 0.25) is 0 Å². The van der Waals surface area contributed by atoms with Crippen LogP contribution in [0.5, 0.6) is 5.75 Å². The summed E-state index contributed by atoms with van der Waals surface area (Å²) >= 11 is 0. The third-order valence-electron chi connectivity index (χ3n) is 6.50. The topological polar surface area (TPSA) is 76.5 Å². The number of rotatable bonds is 6. The Morgan fingerprint density at radius 3 is 2.65 bits per heavy atom. The van der Waals surface area contributed by atoms with Gasteiger partial charge in [0.25, 0.3) is 5.91 Å². The van der Waals surface area contributed by atoms with E-state index in [9.17, 15) is 9.59 Å². The number of fused-ring (bicyclic) bond motifs is 3. The summed E-state index contributed by atoms with van der Waals surface area (Å²) in [6.07, 6.45) is 1.69. The predicted octanol–water partition coefficient (Wildman–Crippen LogP) is 3.78. The van der Waals surface area contributed by atoms with Crippen LogP contribution < -0.4 is 10.1 Å². The fraction of sp³-hybridized carbons (Fsp3) is 0.222. The lowest BCUT2D eigenvalue weighted by Crippen LogP contribution is -2.63. The van der Waals surface area contributed by atoms with Crippen molar-refractivity contribution >= 4 is 22.7 Å². The molecule has 0 fully saturated rings. The zero-order chi connectivity index (χ0) is 23.7. The Labute approximate surface area is 198 Å². The van der Waals surface area contributed by atoms with Crippen molar-refractivity contribution in [3.63, 3.8) is 0 Å². The molecule has 1 unspecified atom stereocenters. The lowest BCUT2D eigenvalue weighted by atomic mass is 9.94. The number of hydrogen-bond acceptors (Lipinski definition) is 4. The highest BCUT2D eigenvalue weighted by Gasteiger charge is 2.47. The van der Waals surface area contributed by atoms with E-state index < -0.39 is 5.54 Å². The Hall–Kier alpha value is -4.13. The minimum atomic E-state index is -1.12. The van der Waals surface area contributed by atoms with Crippen LogP contribution in [0.3, 0.4) is 0 Å². The van der Waals surface area contributed by atoms with E-state index in [1.807, 2.05) is 84.3 Å². The van der Waals surface area contributed by atoms with Gasteiger partial charge >= 0.3 is 0 Å². The first kappa shape index (κ1) is 21.7. The first-order valence-electron chi connectivity index (χ1n) is 11.2. The van der Waals surface area contributed by atoms with Gasteiger partial charge in [0.15, 0.2) is 0 Å². The van der Waals surface area contributed by atoms with Crippen LogP contribution in [-0.2, 0) is 24.4 Å². The quantitative estimate of drug-likeness (QED) is 0.481. The number of pyridine rings is 1. The lowest BCUT2D eigenvalue weighted by molar-refractivity contribution is -0.133. The molecule has 0 saturated heterocycles. The SMILES string of the molecule is COc1ccccc1CNC(=O)C1(C)Cn2c(cc3ccccc32)C(=O)N1Cc1ccccn1. The molecule has 2 amide bonds. The first-order valence-corrected chi connectivity index (χ1v) is 11.2. The minimum absolute atomic E-state index is 0.192. The Kier molecular flexibility index (Phi) is 5.53. The fourth-order valence-electron chi connectivity index (χ4n) is 4.62. The molecule has 1 aliphatic rings. The second kappa shape index (κ2) is 8.67. The van der Waals surface area contributed by atoms with Gasteiger partial charge in [-0.25, -0.2) is 0 Å². The van der Waals surface area contributed by atoms with Crippen molar-refractivity contribution in [2.45, 2.75) is 32.1 Å². The molecule has 3 heterocycles. The van der Waals surface area contributed by atoms with Crippen LogP contribution >= 0.6 is 0 Å². The summed E-state index contributed by atoms with van der Waals surface area (Å²) in [4.78, 5) is 33.5. The number of amides is 2. The number of benzene rings is 2. The summed E-state index contributed by atoms with van der Waals surface area (Å²) < 4.78 is 7.38. The third-order valence-corrected chi connectivity index (χ3v) is 6.50. The summed E-state index contributed by atoms with van der Waals surface area (Å²) in [5, 5.41) is 4.02. The number of nitrogens with one attached hydrogen (secondary N) is 1. The van der Waals surface area contributed by atoms with Gasteiger partial charge in [0.05, 0.1) is 25.9 Å². The molecule has 4 aromatic rings. The predicted molar refractivity (Wildman–Crippen MR) is 129 cm³/mol. The van der Waals surface area contributed by atoms with Gasteiger partial charge in [-0.3, -0.25) is 14.6 Å². The zero-order valence-corrected chi connectivity index (χ0v) is 19.2. The fourth-order valence-corrected chi connectivity index (χ4v) is 4.62. The second-order valence-corrected chi connectivity index (χ2v) is 8.66. The van der Waals surface area contributed by atoms with Crippen LogP contribution in [0.4, 0.5) is 0 Å². The number of carbonyl (C=O) groups excluding carboxylic acids is 2. The molecule has 0 aliphatic carbocycles. The van der Waals surface area contributed by atoms with E-state index in [0.29, 0.717) is 24.5 Å². The Morgan fingerprint density at radius 1 is 1.09 bits per heavy atom. The molecule has 0 saturated carbocycles. The molecule has 1 atom stereocenters. The second-order valence-electron chi connectivity index (χ2n) is 8.66. The number of ether oxygens (including phenoxy) is 1. The average molecular weight is 455 g/mol. The number of para-hydroxylation sites is 2.